The lowest BCUT2D eigenvalue weighted by Gasteiger charge is -2.05. The van der Waals surface area contributed by atoms with Crippen LogP contribution >= 0.6 is 11.6 Å². The first kappa shape index (κ1) is 13.4. The molecule has 0 atom stereocenters. The summed E-state index contributed by atoms with van der Waals surface area (Å²) in [5.74, 6) is 5.43. The molecule has 0 bridgehead atoms. The standard InChI is InChI=1S/C15H13ClN2O/c1-2-3-6-9-17-15(19)13-10-11-7-4-5-8-12(11)14(16)18-13/h4-5,7-8,10H,6,9H2,1H3,(H,17,19). The Bertz CT molecular complexity index is 671. The van der Waals surface area contributed by atoms with E-state index in [0.717, 1.165) is 10.8 Å². The Morgan fingerprint density at radius 3 is 3.00 bits per heavy atom. The van der Waals surface area contributed by atoms with E-state index in [0.29, 0.717) is 23.8 Å². The average Bonchev–Trinajstić information content (AvgIpc) is 2.43. The lowest BCUT2D eigenvalue weighted by molar-refractivity contribution is 0.0950. The predicted molar refractivity (Wildman–Crippen MR) is 77.2 cm³/mol. The largest absolute Gasteiger partial charge is 0.350 e. The number of nitrogens with zero attached hydrogens (tertiary/aromatic N) is 1. The molecule has 2 rings (SSSR count). The van der Waals surface area contributed by atoms with Crippen molar-refractivity contribution < 1.29 is 4.79 Å². The Balaban J connectivity index is 2.20. The molecule has 0 radical (unpaired) electrons. The number of hydrogen-bond acceptors (Lipinski definition) is 2. The minimum atomic E-state index is -0.231. The highest BCUT2D eigenvalue weighted by molar-refractivity contribution is 6.34. The minimum Gasteiger partial charge on any atom is -0.350 e. The van der Waals surface area contributed by atoms with Crippen LogP contribution < -0.4 is 5.32 Å². The van der Waals surface area contributed by atoms with Gasteiger partial charge in [-0.1, -0.05) is 35.9 Å². The van der Waals surface area contributed by atoms with Gasteiger partial charge in [-0.2, -0.15) is 0 Å². The molecule has 1 N–H and O–H groups in total. The third-order valence-corrected chi connectivity index (χ3v) is 2.93. The number of amides is 1. The lowest BCUT2D eigenvalue weighted by atomic mass is 10.1. The second-order valence-corrected chi connectivity index (χ2v) is 4.31. The van der Waals surface area contributed by atoms with Gasteiger partial charge in [0.2, 0.25) is 0 Å². The van der Waals surface area contributed by atoms with Crippen LogP contribution in [0.5, 0.6) is 0 Å². The van der Waals surface area contributed by atoms with Crippen molar-refractivity contribution in [2.75, 3.05) is 6.54 Å². The van der Waals surface area contributed by atoms with Gasteiger partial charge < -0.3 is 5.32 Å². The number of carbonyl (C=O) groups is 1. The zero-order valence-corrected chi connectivity index (χ0v) is 11.3. The number of fused-ring (bicyclic) bond motifs is 1. The first-order valence-corrected chi connectivity index (χ1v) is 6.33. The lowest BCUT2D eigenvalue weighted by Crippen LogP contribution is -2.25. The van der Waals surface area contributed by atoms with E-state index in [-0.39, 0.29) is 5.91 Å². The van der Waals surface area contributed by atoms with Crippen LogP contribution in [0.15, 0.2) is 30.3 Å². The van der Waals surface area contributed by atoms with Gasteiger partial charge in [-0.25, -0.2) is 4.98 Å². The first-order chi connectivity index (χ1) is 9.22. The number of rotatable bonds is 3. The highest BCUT2D eigenvalue weighted by Gasteiger charge is 2.10. The third-order valence-electron chi connectivity index (χ3n) is 2.64. The van der Waals surface area contributed by atoms with Crippen molar-refractivity contribution in [3.63, 3.8) is 0 Å². The summed E-state index contributed by atoms with van der Waals surface area (Å²) >= 11 is 6.08. The quantitative estimate of drug-likeness (QED) is 0.530. The Morgan fingerprint density at radius 1 is 1.42 bits per heavy atom. The smallest absolute Gasteiger partial charge is 0.269 e. The summed E-state index contributed by atoms with van der Waals surface area (Å²) in [5, 5.41) is 4.86. The predicted octanol–water partition coefficient (Wildman–Crippen LogP) is 3.03. The van der Waals surface area contributed by atoms with E-state index >= 15 is 0 Å². The van der Waals surface area contributed by atoms with Crippen LogP contribution in [0, 0.1) is 11.8 Å². The van der Waals surface area contributed by atoms with Crippen molar-refractivity contribution in [1.82, 2.24) is 10.3 Å². The van der Waals surface area contributed by atoms with Gasteiger partial charge in [-0.05, 0) is 18.4 Å². The first-order valence-electron chi connectivity index (χ1n) is 5.95. The molecule has 19 heavy (non-hydrogen) atoms. The molecule has 0 spiro atoms. The van der Waals surface area contributed by atoms with Crippen molar-refractivity contribution in [2.24, 2.45) is 0 Å². The summed E-state index contributed by atoms with van der Waals surface area (Å²) in [6, 6.07) is 9.31. The molecule has 2 aromatic rings. The van der Waals surface area contributed by atoms with Gasteiger partial charge >= 0.3 is 0 Å². The van der Waals surface area contributed by atoms with Crippen LogP contribution in [0.4, 0.5) is 0 Å². The number of benzene rings is 1. The molecule has 0 saturated carbocycles. The van der Waals surface area contributed by atoms with Crippen LogP contribution in [0.3, 0.4) is 0 Å². The van der Waals surface area contributed by atoms with Crippen molar-refractivity contribution in [3.05, 3.63) is 41.2 Å². The average molecular weight is 273 g/mol. The van der Waals surface area contributed by atoms with E-state index in [1.807, 2.05) is 24.3 Å². The molecule has 1 aromatic carbocycles. The van der Waals surface area contributed by atoms with Crippen molar-refractivity contribution in [2.45, 2.75) is 13.3 Å². The maximum atomic E-state index is 11.9. The van der Waals surface area contributed by atoms with Crippen molar-refractivity contribution in [3.8, 4) is 11.8 Å². The SMILES string of the molecule is CC#CCCNC(=O)c1cc2ccccc2c(Cl)n1. The second-order valence-electron chi connectivity index (χ2n) is 3.95. The zero-order chi connectivity index (χ0) is 13.7. The summed E-state index contributed by atoms with van der Waals surface area (Å²) in [6.07, 6.45) is 0.629. The molecule has 1 heterocycles. The number of aromatic nitrogens is 1. The van der Waals surface area contributed by atoms with E-state index < -0.39 is 0 Å². The summed E-state index contributed by atoms with van der Waals surface area (Å²) in [6.45, 7) is 2.28. The molecule has 0 aliphatic heterocycles. The molecule has 4 heteroatoms. The Morgan fingerprint density at radius 2 is 2.21 bits per heavy atom. The molecule has 96 valence electrons. The monoisotopic (exact) mass is 272 g/mol. The van der Waals surface area contributed by atoms with E-state index in [1.54, 1.807) is 13.0 Å². The van der Waals surface area contributed by atoms with Crippen LogP contribution in [-0.2, 0) is 0 Å². The van der Waals surface area contributed by atoms with E-state index in [1.165, 1.54) is 0 Å². The highest BCUT2D eigenvalue weighted by Crippen LogP contribution is 2.22. The number of carbonyl (C=O) groups excluding carboxylic acids is 1. The van der Waals surface area contributed by atoms with Crippen LogP contribution in [-0.4, -0.2) is 17.4 Å². The molecule has 0 unspecified atom stereocenters. The minimum absolute atomic E-state index is 0.231. The number of halogens is 1. The summed E-state index contributed by atoms with van der Waals surface area (Å²) in [5.41, 5.74) is 0.327. The van der Waals surface area contributed by atoms with Gasteiger partial charge in [-0.3, -0.25) is 4.79 Å². The maximum Gasteiger partial charge on any atom is 0.269 e. The molecule has 0 aliphatic carbocycles. The third kappa shape index (κ3) is 3.24. The fraction of sp³-hybridized carbons (Fsp3) is 0.200. The molecular weight excluding hydrogens is 260 g/mol. The van der Waals surface area contributed by atoms with Crippen molar-refractivity contribution in [1.29, 1.82) is 0 Å². The molecular formula is C15H13ClN2O. The second kappa shape index (κ2) is 6.21. The van der Waals surface area contributed by atoms with Crippen molar-refractivity contribution >= 4 is 28.3 Å². The molecule has 0 saturated heterocycles. The van der Waals surface area contributed by atoms with E-state index in [4.69, 9.17) is 11.6 Å². The van der Waals surface area contributed by atoms with E-state index in [2.05, 4.69) is 22.1 Å². The van der Waals surface area contributed by atoms with Gasteiger partial charge in [-0.15, -0.1) is 11.8 Å². The molecule has 3 nitrogen and oxygen atoms in total. The fourth-order valence-electron chi connectivity index (χ4n) is 1.73. The molecule has 0 aliphatic rings. The molecule has 0 fully saturated rings. The summed E-state index contributed by atoms with van der Waals surface area (Å²) in [7, 11) is 0. The molecule has 1 aromatic heterocycles. The van der Waals surface area contributed by atoms with Gasteiger partial charge in [0, 0.05) is 18.4 Å². The van der Waals surface area contributed by atoms with E-state index in [9.17, 15) is 4.79 Å². The number of nitrogens with one attached hydrogen (secondary N) is 1. The zero-order valence-electron chi connectivity index (χ0n) is 10.5. The maximum absolute atomic E-state index is 11.9. The topological polar surface area (TPSA) is 42.0 Å². The van der Waals surface area contributed by atoms with Gasteiger partial charge in [0.05, 0.1) is 0 Å². The summed E-state index contributed by atoms with van der Waals surface area (Å²) < 4.78 is 0. The number of hydrogen-bond donors (Lipinski definition) is 1. The van der Waals surface area contributed by atoms with Crippen LogP contribution in [0.25, 0.3) is 10.8 Å². The van der Waals surface area contributed by atoms with Gasteiger partial charge in [0.15, 0.2) is 0 Å². The normalized spacial score (nSPS) is 9.79. The Kier molecular flexibility index (Phi) is 4.38. The van der Waals surface area contributed by atoms with Gasteiger partial charge in [0.25, 0.3) is 5.91 Å². The Hall–Kier alpha value is -2.05. The van der Waals surface area contributed by atoms with Gasteiger partial charge in [0.1, 0.15) is 10.8 Å². The molecule has 1 amide bonds. The fourth-order valence-corrected chi connectivity index (χ4v) is 1.99. The summed E-state index contributed by atoms with van der Waals surface area (Å²) in [4.78, 5) is 16.0. The van der Waals surface area contributed by atoms with Crippen LogP contribution in [0.2, 0.25) is 5.15 Å². The Labute approximate surface area is 117 Å². The number of pyridine rings is 1. The van der Waals surface area contributed by atoms with Crippen LogP contribution in [0.1, 0.15) is 23.8 Å². The highest BCUT2D eigenvalue weighted by atomic mass is 35.5.